The minimum atomic E-state index is 0. The molecule has 0 saturated carbocycles. The number of nitrogens with zero attached hydrogens (tertiary/aromatic N) is 1. The Morgan fingerprint density at radius 1 is 1.33 bits per heavy atom. The third-order valence-corrected chi connectivity index (χ3v) is 4.57. The van der Waals surface area contributed by atoms with E-state index < -0.39 is 0 Å². The molecule has 1 unspecified atom stereocenters. The van der Waals surface area contributed by atoms with Crippen LogP contribution >= 0.6 is 12.4 Å². The third-order valence-electron chi connectivity index (χ3n) is 4.57. The number of hydrogen-bond donors (Lipinski definition) is 2. The van der Waals surface area contributed by atoms with Gasteiger partial charge < -0.3 is 11.1 Å². The van der Waals surface area contributed by atoms with Gasteiger partial charge in [0, 0.05) is 32.1 Å². The minimum Gasteiger partial charge on any atom is -0.354 e. The maximum absolute atomic E-state index is 11.7. The Morgan fingerprint density at radius 2 is 2.12 bits per heavy atom. The van der Waals surface area contributed by atoms with Crippen LogP contribution < -0.4 is 11.1 Å². The summed E-state index contributed by atoms with van der Waals surface area (Å²) < 4.78 is 0. The topological polar surface area (TPSA) is 58.4 Å². The van der Waals surface area contributed by atoms with Crippen LogP contribution in [0.3, 0.4) is 0 Å². The molecule has 0 radical (unpaired) electrons. The SMILES string of the molecule is CCCc1cccc(CN2CCCCC2CNC(=O)CCN)c1.Cl. The van der Waals surface area contributed by atoms with Crippen molar-refractivity contribution in [3.05, 3.63) is 35.4 Å². The molecule has 0 aliphatic carbocycles. The summed E-state index contributed by atoms with van der Waals surface area (Å²) in [6.07, 6.45) is 6.42. The van der Waals surface area contributed by atoms with Gasteiger partial charge in [-0.25, -0.2) is 0 Å². The van der Waals surface area contributed by atoms with Crippen LogP contribution in [-0.4, -0.2) is 36.5 Å². The number of carbonyl (C=O) groups is 1. The van der Waals surface area contributed by atoms with E-state index in [4.69, 9.17) is 5.73 Å². The highest BCUT2D eigenvalue weighted by molar-refractivity contribution is 5.85. The lowest BCUT2D eigenvalue weighted by atomic mass is 10.00. The number of likely N-dealkylation sites (tertiary alicyclic amines) is 1. The second-order valence-electron chi connectivity index (χ2n) is 6.53. The lowest BCUT2D eigenvalue weighted by Crippen LogP contribution is -2.46. The normalized spacial score (nSPS) is 18.0. The Balaban J connectivity index is 0.00000288. The smallest absolute Gasteiger partial charge is 0.221 e. The second-order valence-corrected chi connectivity index (χ2v) is 6.53. The molecule has 1 atom stereocenters. The van der Waals surface area contributed by atoms with E-state index in [2.05, 4.69) is 41.4 Å². The summed E-state index contributed by atoms with van der Waals surface area (Å²) in [7, 11) is 0. The van der Waals surface area contributed by atoms with Crippen molar-refractivity contribution in [2.75, 3.05) is 19.6 Å². The summed E-state index contributed by atoms with van der Waals surface area (Å²) in [4.78, 5) is 14.2. The lowest BCUT2D eigenvalue weighted by molar-refractivity contribution is -0.121. The van der Waals surface area contributed by atoms with Crippen molar-refractivity contribution in [1.82, 2.24) is 10.2 Å². The molecule has 136 valence electrons. The van der Waals surface area contributed by atoms with Crippen molar-refractivity contribution < 1.29 is 4.79 Å². The average Bonchev–Trinajstić information content (AvgIpc) is 2.55. The van der Waals surface area contributed by atoms with Gasteiger partial charge in [-0.2, -0.15) is 0 Å². The summed E-state index contributed by atoms with van der Waals surface area (Å²) in [5.41, 5.74) is 8.25. The molecule has 2 rings (SSSR count). The van der Waals surface area contributed by atoms with E-state index in [1.165, 1.54) is 30.4 Å². The Kier molecular flexibility index (Phi) is 9.99. The number of nitrogens with two attached hydrogens (primary N) is 1. The van der Waals surface area contributed by atoms with Crippen LogP contribution in [0.4, 0.5) is 0 Å². The lowest BCUT2D eigenvalue weighted by Gasteiger charge is -2.36. The standard InChI is InChI=1S/C19H31N3O.ClH/c1-2-6-16-7-5-8-17(13-16)15-22-12-4-3-9-18(22)14-21-19(23)10-11-20;/h5,7-8,13,18H,2-4,6,9-12,14-15,20H2,1H3,(H,21,23);1H. The van der Waals surface area contributed by atoms with Gasteiger partial charge in [-0.05, 0) is 36.9 Å². The zero-order valence-electron chi connectivity index (χ0n) is 14.8. The number of benzene rings is 1. The maximum Gasteiger partial charge on any atom is 0.221 e. The fraction of sp³-hybridized carbons (Fsp3) is 0.632. The molecule has 24 heavy (non-hydrogen) atoms. The van der Waals surface area contributed by atoms with Crippen molar-refractivity contribution in [2.24, 2.45) is 5.73 Å². The molecule has 1 aliphatic heterocycles. The quantitative estimate of drug-likeness (QED) is 0.755. The van der Waals surface area contributed by atoms with Gasteiger partial charge in [0.05, 0.1) is 0 Å². The van der Waals surface area contributed by atoms with Gasteiger partial charge in [-0.1, -0.05) is 44.0 Å². The van der Waals surface area contributed by atoms with Crippen molar-refractivity contribution >= 4 is 18.3 Å². The minimum absolute atomic E-state index is 0. The first kappa shape index (κ1) is 20.9. The molecule has 1 heterocycles. The van der Waals surface area contributed by atoms with Gasteiger partial charge in [0.15, 0.2) is 0 Å². The number of halogens is 1. The Bertz CT molecular complexity index is 495. The molecule has 0 aromatic heterocycles. The molecular weight excluding hydrogens is 322 g/mol. The molecule has 3 N–H and O–H groups in total. The van der Waals surface area contributed by atoms with Gasteiger partial charge in [-0.15, -0.1) is 12.4 Å². The van der Waals surface area contributed by atoms with Crippen LogP contribution in [0, 0.1) is 0 Å². The number of rotatable bonds is 8. The van der Waals surface area contributed by atoms with Crippen LogP contribution in [0.25, 0.3) is 0 Å². The molecular formula is C19H32ClN3O. The van der Waals surface area contributed by atoms with Crippen molar-refractivity contribution in [3.63, 3.8) is 0 Å². The second kappa shape index (κ2) is 11.5. The predicted molar refractivity (Wildman–Crippen MR) is 102 cm³/mol. The molecule has 0 bridgehead atoms. The van der Waals surface area contributed by atoms with Crippen LogP contribution in [0.15, 0.2) is 24.3 Å². The first-order chi connectivity index (χ1) is 11.2. The van der Waals surface area contributed by atoms with E-state index in [1.807, 2.05) is 0 Å². The number of amides is 1. The van der Waals surface area contributed by atoms with Gasteiger partial charge in [0.2, 0.25) is 5.91 Å². The summed E-state index contributed by atoms with van der Waals surface area (Å²) in [5, 5.41) is 3.04. The fourth-order valence-corrected chi connectivity index (χ4v) is 3.36. The average molecular weight is 354 g/mol. The van der Waals surface area contributed by atoms with Crippen molar-refractivity contribution in [1.29, 1.82) is 0 Å². The number of piperidine rings is 1. The van der Waals surface area contributed by atoms with Gasteiger partial charge >= 0.3 is 0 Å². The largest absolute Gasteiger partial charge is 0.354 e. The third kappa shape index (κ3) is 6.80. The van der Waals surface area contributed by atoms with Crippen LogP contribution in [0.2, 0.25) is 0 Å². The van der Waals surface area contributed by atoms with E-state index >= 15 is 0 Å². The zero-order chi connectivity index (χ0) is 16.5. The first-order valence-corrected chi connectivity index (χ1v) is 9.01. The van der Waals surface area contributed by atoms with E-state index in [1.54, 1.807) is 0 Å². The van der Waals surface area contributed by atoms with Crippen LogP contribution in [0.1, 0.15) is 50.2 Å². The molecule has 1 aliphatic rings. The van der Waals surface area contributed by atoms with Crippen molar-refractivity contribution in [3.8, 4) is 0 Å². The number of nitrogens with one attached hydrogen (secondary N) is 1. The first-order valence-electron chi connectivity index (χ1n) is 9.01. The Labute approximate surface area is 152 Å². The summed E-state index contributed by atoms with van der Waals surface area (Å²) in [6.45, 7) is 5.49. The summed E-state index contributed by atoms with van der Waals surface area (Å²) in [5.74, 6) is 0.0722. The zero-order valence-corrected chi connectivity index (χ0v) is 15.6. The summed E-state index contributed by atoms with van der Waals surface area (Å²) >= 11 is 0. The Hall–Kier alpha value is -1.10. The van der Waals surface area contributed by atoms with E-state index in [0.29, 0.717) is 19.0 Å². The summed E-state index contributed by atoms with van der Waals surface area (Å²) in [6, 6.07) is 9.39. The molecule has 4 nitrogen and oxygen atoms in total. The van der Waals surface area contributed by atoms with E-state index in [9.17, 15) is 4.79 Å². The van der Waals surface area contributed by atoms with Crippen LogP contribution in [-0.2, 0) is 17.8 Å². The molecule has 1 fully saturated rings. The molecule has 1 aromatic rings. The number of aryl methyl sites for hydroxylation is 1. The van der Waals surface area contributed by atoms with Crippen molar-refractivity contribution in [2.45, 2.75) is 58.0 Å². The van der Waals surface area contributed by atoms with Crippen LogP contribution in [0.5, 0.6) is 0 Å². The predicted octanol–water partition coefficient (Wildman–Crippen LogP) is 2.88. The highest BCUT2D eigenvalue weighted by Crippen LogP contribution is 2.20. The molecule has 1 saturated heterocycles. The maximum atomic E-state index is 11.7. The number of carbonyl (C=O) groups excluding carboxylic acids is 1. The highest BCUT2D eigenvalue weighted by Gasteiger charge is 2.22. The van der Waals surface area contributed by atoms with Gasteiger partial charge in [-0.3, -0.25) is 9.69 Å². The van der Waals surface area contributed by atoms with Gasteiger partial charge in [0.25, 0.3) is 0 Å². The molecule has 1 amide bonds. The monoisotopic (exact) mass is 353 g/mol. The van der Waals surface area contributed by atoms with E-state index in [0.717, 1.165) is 32.5 Å². The van der Waals surface area contributed by atoms with E-state index in [-0.39, 0.29) is 18.3 Å². The fourth-order valence-electron chi connectivity index (χ4n) is 3.36. The number of hydrogen-bond acceptors (Lipinski definition) is 3. The molecule has 1 aromatic carbocycles. The van der Waals surface area contributed by atoms with Gasteiger partial charge in [0.1, 0.15) is 0 Å². The molecule has 5 heteroatoms. The Morgan fingerprint density at radius 3 is 2.88 bits per heavy atom. The molecule has 0 spiro atoms. The highest BCUT2D eigenvalue weighted by atomic mass is 35.5.